The predicted octanol–water partition coefficient (Wildman–Crippen LogP) is 5.55. The Hall–Kier alpha value is -4.32. The number of benzene rings is 2. The second kappa shape index (κ2) is 14.8. The van der Waals surface area contributed by atoms with E-state index in [2.05, 4.69) is 20.6 Å². The lowest BCUT2D eigenvalue weighted by atomic mass is 9.80. The number of nitrogens with one attached hydrogen (secondary N) is 2. The van der Waals surface area contributed by atoms with Crippen LogP contribution in [0.5, 0.6) is 11.8 Å². The van der Waals surface area contributed by atoms with Gasteiger partial charge in [0.15, 0.2) is 0 Å². The number of amides is 2. The predicted molar refractivity (Wildman–Crippen MR) is 184 cm³/mol. The van der Waals surface area contributed by atoms with Crippen LogP contribution < -0.4 is 25.8 Å². The highest BCUT2D eigenvalue weighted by Crippen LogP contribution is 2.42. The van der Waals surface area contributed by atoms with Gasteiger partial charge in [-0.25, -0.2) is 9.97 Å². The zero-order valence-electron chi connectivity index (χ0n) is 26.8. The Balaban J connectivity index is 1.20. The molecular weight excluding hydrogens is 653 g/mol. The van der Waals surface area contributed by atoms with Crippen molar-refractivity contribution in [1.29, 1.82) is 0 Å². The number of nitrogens with zero attached hydrogens (tertiary/aromatic N) is 4. The van der Waals surface area contributed by atoms with E-state index in [4.69, 9.17) is 48.4 Å². The molecule has 2 aromatic carbocycles. The monoisotopic (exact) mass is 689 g/mol. The quantitative estimate of drug-likeness (QED) is 0.164. The zero-order valence-corrected chi connectivity index (χ0v) is 28.3. The molecule has 11 nitrogen and oxygen atoms in total. The van der Waals surface area contributed by atoms with E-state index in [0.717, 1.165) is 36.1 Å². The van der Waals surface area contributed by atoms with Crippen LogP contribution in [0.1, 0.15) is 49.9 Å². The SMILES string of the molecule is COc1nc(-c2cccc(-c3cccc(-c4cnc(CNC5CC(C(N)=O)C5)c(OC)n4)c3Cl)c2Cl)cnc1CCC[C@@H]1CCC(=O)N1. The topological polar surface area (TPSA) is 154 Å². The van der Waals surface area contributed by atoms with E-state index in [0.29, 0.717) is 82.2 Å². The summed E-state index contributed by atoms with van der Waals surface area (Å²) in [5.74, 6) is 0.608. The third-order valence-electron chi connectivity index (χ3n) is 9.00. The minimum absolute atomic E-state index is 0.0766. The Morgan fingerprint density at radius 3 is 2.02 bits per heavy atom. The van der Waals surface area contributed by atoms with Gasteiger partial charge in [-0.3, -0.25) is 19.6 Å². The zero-order chi connectivity index (χ0) is 33.8. The van der Waals surface area contributed by atoms with Crippen molar-refractivity contribution in [2.45, 2.75) is 63.6 Å². The number of ether oxygens (including phenoxy) is 2. The fourth-order valence-electron chi connectivity index (χ4n) is 6.22. The summed E-state index contributed by atoms with van der Waals surface area (Å²) in [6, 6.07) is 11.8. The summed E-state index contributed by atoms with van der Waals surface area (Å²) < 4.78 is 11.2. The fourth-order valence-corrected chi connectivity index (χ4v) is 6.87. The van der Waals surface area contributed by atoms with Gasteiger partial charge in [-0.05, 0) is 38.5 Å². The number of carbonyl (C=O) groups excluding carboxylic acids is 2. The van der Waals surface area contributed by atoms with Gasteiger partial charge in [-0.2, -0.15) is 0 Å². The highest BCUT2D eigenvalue weighted by atomic mass is 35.5. The normalized spacial score (nSPS) is 18.7. The number of hydrogen-bond donors (Lipinski definition) is 3. The molecule has 48 heavy (non-hydrogen) atoms. The highest BCUT2D eigenvalue weighted by Gasteiger charge is 2.33. The summed E-state index contributed by atoms with van der Waals surface area (Å²) in [7, 11) is 3.13. The number of halogens is 2. The van der Waals surface area contributed by atoms with Crippen molar-refractivity contribution in [3.8, 4) is 45.4 Å². The Bertz CT molecular complexity index is 1830. The number of aromatic nitrogens is 4. The van der Waals surface area contributed by atoms with E-state index in [1.165, 1.54) is 0 Å². The molecule has 2 aliphatic rings. The number of nitrogens with two attached hydrogens (primary N) is 1. The average Bonchev–Trinajstić information content (AvgIpc) is 3.49. The molecule has 0 bridgehead atoms. The van der Waals surface area contributed by atoms with E-state index in [1.807, 2.05) is 36.4 Å². The van der Waals surface area contributed by atoms with Gasteiger partial charge in [-0.1, -0.05) is 59.6 Å². The summed E-state index contributed by atoms with van der Waals surface area (Å²) in [6.45, 7) is 0.442. The van der Waals surface area contributed by atoms with Crippen LogP contribution in [0.3, 0.4) is 0 Å². The molecule has 1 saturated heterocycles. The highest BCUT2D eigenvalue weighted by molar-refractivity contribution is 6.39. The summed E-state index contributed by atoms with van der Waals surface area (Å²) >= 11 is 14.1. The molecule has 0 radical (unpaired) electrons. The van der Waals surface area contributed by atoms with Gasteiger partial charge in [0.05, 0.1) is 48.0 Å². The Kier molecular flexibility index (Phi) is 10.4. The van der Waals surface area contributed by atoms with Gasteiger partial charge in [0.2, 0.25) is 23.6 Å². The van der Waals surface area contributed by atoms with Crippen LogP contribution in [0, 0.1) is 5.92 Å². The molecule has 2 fully saturated rings. The first-order chi connectivity index (χ1) is 23.2. The number of carbonyl (C=O) groups is 2. The lowest BCUT2D eigenvalue weighted by molar-refractivity contribution is -0.125. The van der Waals surface area contributed by atoms with E-state index >= 15 is 0 Å². The van der Waals surface area contributed by atoms with E-state index < -0.39 is 0 Å². The molecule has 250 valence electrons. The molecule has 13 heteroatoms. The smallest absolute Gasteiger partial charge is 0.237 e. The minimum Gasteiger partial charge on any atom is -0.480 e. The fraction of sp³-hybridized carbons (Fsp3) is 0.371. The first kappa shape index (κ1) is 33.6. The van der Waals surface area contributed by atoms with Gasteiger partial charge in [-0.15, -0.1) is 0 Å². The maximum absolute atomic E-state index is 11.5. The summed E-state index contributed by atoms with van der Waals surface area (Å²) in [5, 5.41) is 7.33. The number of hydrogen-bond acceptors (Lipinski definition) is 9. The molecule has 1 aliphatic heterocycles. The van der Waals surface area contributed by atoms with Crippen molar-refractivity contribution in [3.05, 3.63) is 70.2 Å². The van der Waals surface area contributed by atoms with Crippen LogP contribution in [0.15, 0.2) is 48.8 Å². The number of rotatable bonds is 13. The first-order valence-corrected chi connectivity index (χ1v) is 16.7. The van der Waals surface area contributed by atoms with Crippen LogP contribution in [0.4, 0.5) is 0 Å². The molecule has 1 saturated carbocycles. The van der Waals surface area contributed by atoms with Crippen LogP contribution in [0.25, 0.3) is 33.6 Å². The third kappa shape index (κ3) is 7.23. The third-order valence-corrected chi connectivity index (χ3v) is 9.81. The lowest BCUT2D eigenvalue weighted by Gasteiger charge is -2.33. The van der Waals surface area contributed by atoms with Gasteiger partial charge in [0.1, 0.15) is 11.4 Å². The molecule has 0 unspecified atom stereocenters. The van der Waals surface area contributed by atoms with Crippen molar-refractivity contribution in [3.63, 3.8) is 0 Å². The van der Waals surface area contributed by atoms with E-state index in [1.54, 1.807) is 26.6 Å². The molecule has 3 heterocycles. The maximum atomic E-state index is 11.5. The summed E-state index contributed by atoms with van der Waals surface area (Å²) in [6.07, 6.45) is 8.68. The lowest BCUT2D eigenvalue weighted by Crippen LogP contribution is -2.46. The van der Waals surface area contributed by atoms with Crippen molar-refractivity contribution in [2.75, 3.05) is 14.2 Å². The molecule has 1 aliphatic carbocycles. The van der Waals surface area contributed by atoms with Gasteiger partial charge in [0, 0.05) is 53.2 Å². The number of methoxy groups -OCH3 is 2. The summed E-state index contributed by atoms with van der Waals surface area (Å²) in [5.41, 5.74) is 10.7. The number of aryl methyl sites for hydroxylation is 1. The maximum Gasteiger partial charge on any atom is 0.237 e. The van der Waals surface area contributed by atoms with Gasteiger partial charge >= 0.3 is 0 Å². The summed E-state index contributed by atoms with van der Waals surface area (Å²) in [4.78, 5) is 41.6. The Morgan fingerprint density at radius 2 is 1.48 bits per heavy atom. The van der Waals surface area contributed by atoms with Crippen LogP contribution in [0.2, 0.25) is 10.0 Å². The largest absolute Gasteiger partial charge is 0.480 e. The van der Waals surface area contributed by atoms with Crippen molar-refractivity contribution < 1.29 is 19.1 Å². The molecule has 4 aromatic rings. The molecular formula is C35H37Cl2N7O4. The van der Waals surface area contributed by atoms with Crippen molar-refractivity contribution in [1.82, 2.24) is 30.6 Å². The van der Waals surface area contributed by atoms with E-state index in [9.17, 15) is 9.59 Å². The van der Waals surface area contributed by atoms with Crippen molar-refractivity contribution >= 4 is 35.0 Å². The molecule has 2 amide bonds. The molecule has 1 atom stereocenters. The van der Waals surface area contributed by atoms with Gasteiger partial charge < -0.3 is 25.8 Å². The van der Waals surface area contributed by atoms with Gasteiger partial charge in [0.25, 0.3) is 0 Å². The Morgan fingerprint density at radius 1 is 0.917 bits per heavy atom. The van der Waals surface area contributed by atoms with Crippen LogP contribution in [-0.4, -0.2) is 58.1 Å². The van der Waals surface area contributed by atoms with Crippen LogP contribution >= 0.6 is 23.2 Å². The molecule has 6 rings (SSSR count). The van der Waals surface area contributed by atoms with Crippen molar-refractivity contribution in [2.24, 2.45) is 11.7 Å². The second-order valence-corrected chi connectivity index (χ2v) is 12.9. The van der Waals surface area contributed by atoms with Crippen LogP contribution in [-0.2, 0) is 22.6 Å². The standard InChI is InChI=1S/C35H37Cl2N7O4/c1-47-34-26(11-3-6-20-12-13-30(45)42-20)40-16-27(43-34)24-9-4-7-22(31(24)36)23-8-5-10-25(32(23)37)28-17-41-29(35(44-28)48-2)18-39-21-14-19(15-21)33(38)46/h4-5,7-10,16-17,19-21,39H,3,6,11-15,18H2,1-2H3,(H2,38,46)(H,42,45)/t19?,20-,21?/m1/s1. The van der Waals surface area contributed by atoms with E-state index in [-0.39, 0.29) is 29.8 Å². The Labute approximate surface area is 289 Å². The first-order valence-electron chi connectivity index (χ1n) is 16.0. The average molecular weight is 691 g/mol. The molecule has 4 N–H and O–H groups in total. The molecule has 0 spiro atoms. The molecule has 2 aromatic heterocycles. The number of primary amides is 1. The second-order valence-electron chi connectivity index (χ2n) is 12.1. The minimum atomic E-state index is -0.260.